The predicted octanol–water partition coefficient (Wildman–Crippen LogP) is 1.71. The normalized spacial score (nSPS) is 29.6. The highest BCUT2D eigenvalue weighted by atomic mass is 16.7. The Kier molecular flexibility index (Phi) is 2.43. The van der Waals surface area contributed by atoms with E-state index in [4.69, 9.17) is 15.2 Å². The van der Waals surface area contributed by atoms with Gasteiger partial charge in [0.25, 0.3) is 0 Å². The molecule has 1 aliphatic rings. The summed E-state index contributed by atoms with van der Waals surface area (Å²) >= 11 is 0. The standard InChI is InChI=1S/C13H16N2O2/c1-13(16-7-9(14)8-17-13)11-6-15-12-5-3-2-4-10(11)12/h2-6,9,15H,7-8,14H2,1H3. The molecule has 0 radical (unpaired) electrons. The van der Waals surface area contributed by atoms with Crippen molar-refractivity contribution in [3.63, 3.8) is 0 Å². The van der Waals surface area contributed by atoms with Gasteiger partial charge < -0.3 is 20.2 Å². The second-order valence-electron chi connectivity index (χ2n) is 4.58. The Morgan fingerprint density at radius 3 is 2.76 bits per heavy atom. The fraction of sp³-hybridized carbons (Fsp3) is 0.385. The van der Waals surface area contributed by atoms with E-state index in [9.17, 15) is 0 Å². The zero-order valence-electron chi connectivity index (χ0n) is 9.77. The maximum absolute atomic E-state index is 5.76. The first kappa shape index (κ1) is 10.8. The van der Waals surface area contributed by atoms with Crippen molar-refractivity contribution in [2.24, 2.45) is 5.73 Å². The van der Waals surface area contributed by atoms with E-state index in [0.29, 0.717) is 13.2 Å². The van der Waals surface area contributed by atoms with Gasteiger partial charge in [0.1, 0.15) is 0 Å². The Hall–Kier alpha value is -1.36. The first-order chi connectivity index (χ1) is 8.19. The number of nitrogens with two attached hydrogens (primary N) is 1. The van der Waals surface area contributed by atoms with Gasteiger partial charge in [0, 0.05) is 22.7 Å². The summed E-state index contributed by atoms with van der Waals surface area (Å²) < 4.78 is 11.5. The molecule has 17 heavy (non-hydrogen) atoms. The van der Waals surface area contributed by atoms with Crippen molar-refractivity contribution >= 4 is 10.9 Å². The highest BCUT2D eigenvalue weighted by molar-refractivity contribution is 5.83. The molecule has 0 bridgehead atoms. The molecule has 0 saturated carbocycles. The molecule has 1 aromatic heterocycles. The van der Waals surface area contributed by atoms with Gasteiger partial charge in [-0.05, 0) is 13.0 Å². The number of nitrogens with one attached hydrogen (secondary N) is 1. The van der Waals surface area contributed by atoms with E-state index in [1.807, 2.05) is 31.3 Å². The second-order valence-corrected chi connectivity index (χ2v) is 4.58. The number of ether oxygens (including phenoxy) is 2. The van der Waals surface area contributed by atoms with Crippen LogP contribution in [0.25, 0.3) is 10.9 Å². The van der Waals surface area contributed by atoms with E-state index >= 15 is 0 Å². The summed E-state index contributed by atoms with van der Waals surface area (Å²) in [6.07, 6.45) is 1.95. The molecule has 4 heteroatoms. The van der Waals surface area contributed by atoms with Crippen LogP contribution in [0.3, 0.4) is 0 Å². The number of benzene rings is 1. The number of hydrogen-bond donors (Lipinski definition) is 2. The summed E-state index contributed by atoms with van der Waals surface area (Å²) in [5.74, 6) is -0.699. The highest BCUT2D eigenvalue weighted by Gasteiger charge is 2.35. The molecule has 1 aromatic carbocycles. The van der Waals surface area contributed by atoms with Crippen LogP contribution in [0.2, 0.25) is 0 Å². The van der Waals surface area contributed by atoms with Gasteiger partial charge in [-0.1, -0.05) is 18.2 Å². The molecule has 2 heterocycles. The number of fused-ring (bicyclic) bond motifs is 1. The molecular formula is C13H16N2O2. The predicted molar refractivity (Wildman–Crippen MR) is 65.5 cm³/mol. The largest absolute Gasteiger partial charge is 0.361 e. The second kappa shape index (κ2) is 3.84. The SMILES string of the molecule is CC1(c2c[nH]c3ccccc23)OCC(N)CO1. The topological polar surface area (TPSA) is 60.3 Å². The van der Waals surface area contributed by atoms with Crippen LogP contribution >= 0.6 is 0 Å². The molecule has 2 aromatic rings. The van der Waals surface area contributed by atoms with Crippen LogP contribution < -0.4 is 5.73 Å². The third-order valence-corrected chi connectivity index (χ3v) is 3.22. The monoisotopic (exact) mass is 232 g/mol. The quantitative estimate of drug-likeness (QED) is 0.787. The van der Waals surface area contributed by atoms with Gasteiger partial charge in [0.05, 0.1) is 19.3 Å². The molecule has 0 aliphatic carbocycles. The minimum atomic E-state index is -0.699. The summed E-state index contributed by atoms with van der Waals surface area (Å²) in [6, 6.07) is 8.08. The van der Waals surface area contributed by atoms with Gasteiger partial charge in [-0.25, -0.2) is 0 Å². The van der Waals surface area contributed by atoms with E-state index in [2.05, 4.69) is 11.1 Å². The number of aromatic amines is 1. The third kappa shape index (κ3) is 1.74. The molecule has 90 valence electrons. The van der Waals surface area contributed by atoms with Crippen LogP contribution in [0.5, 0.6) is 0 Å². The summed E-state index contributed by atoms with van der Waals surface area (Å²) in [7, 11) is 0. The third-order valence-electron chi connectivity index (χ3n) is 3.22. The number of para-hydroxylation sites is 1. The van der Waals surface area contributed by atoms with Crippen LogP contribution in [0.1, 0.15) is 12.5 Å². The average molecular weight is 232 g/mol. The number of aromatic nitrogens is 1. The fourth-order valence-corrected chi connectivity index (χ4v) is 2.22. The molecular weight excluding hydrogens is 216 g/mol. The van der Waals surface area contributed by atoms with E-state index in [-0.39, 0.29) is 6.04 Å². The van der Waals surface area contributed by atoms with E-state index < -0.39 is 5.79 Å². The van der Waals surface area contributed by atoms with E-state index in [1.165, 1.54) is 0 Å². The zero-order chi connectivity index (χ0) is 11.9. The van der Waals surface area contributed by atoms with Crippen LogP contribution in [0, 0.1) is 0 Å². The fourth-order valence-electron chi connectivity index (χ4n) is 2.22. The Bertz CT molecular complexity index is 527. The molecule has 1 saturated heterocycles. The molecule has 1 fully saturated rings. The zero-order valence-corrected chi connectivity index (χ0v) is 9.77. The maximum Gasteiger partial charge on any atom is 0.194 e. The van der Waals surface area contributed by atoms with Crippen molar-refractivity contribution in [2.45, 2.75) is 18.8 Å². The number of H-pyrrole nitrogens is 1. The van der Waals surface area contributed by atoms with Gasteiger partial charge in [0.15, 0.2) is 5.79 Å². The molecule has 0 atom stereocenters. The van der Waals surface area contributed by atoms with Gasteiger partial charge in [0.2, 0.25) is 0 Å². The number of rotatable bonds is 1. The van der Waals surface area contributed by atoms with E-state index in [1.54, 1.807) is 0 Å². The van der Waals surface area contributed by atoms with Crippen LogP contribution in [-0.2, 0) is 15.3 Å². The molecule has 1 aliphatic heterocycles. The van der Waals surface area contributed by atoms with Crippen molar-refractivity contribution in [1.82, 2.24) is 4.98 Å². The van der Waals surface area contributed by atoms with Crippen molar-refractivity contribution in [3.05, 3.63) is 36.0 Å². The molecule has 4 nitrogen and oxygen atoms in total. The van der Waals surface area contributed by atoms with Crippen molar-refractivity contribution in [1.29, 1.82) is 0 Å². The van der Waals surface area contributed by atoms with Gasteiger partial charge in [-0.15, -0.1) is 0 Å². The molecule has 3 rings (SSSR count). The summed E-state index contributed by atoms with van der Waals surface area (Å²) in [4.78, 5) is 3.23. The van der Waals surface area contributed by atoms with Crippen LogP contribution in [0.15, 0.2) is 30.5 Å². The Morgan fingerprint density at radius 2 is 2.00 bits per heavy atom. The molecule has 0 spiro atoms. The lowest BCUT2D eigenvalue weighted by atomic mass is 10.1. The average Bonchev–Trinajstić information content (AvgIpc) is 2.78. The molecule has 3 N–H and O–H groups in total. The minimum Gasteiger partial charge on any atom is -0.361 e. The Labute approximate surface area is 99.7 Å². The minimum absolute atomic E-state index is 0.0340. The van der Waals surface area contributed by atoms with E-state index in [0.717, 1.165) is 16.5 Å². The number of hydrogen-bond acceptors (Lipinski definition) is 3. The maximum atomic E-state index is 5.76. The first-order valence-electron chi connectivity index (χ1n) is 5.79. The lowest BCUT2D eigenvalue weighted by Crippen LogP contribution is -2.45. The van der Waals surface area contributed by atoms with Gasteiger partial charge in [-0.2, -0.15) is 0 Å². The van der Waals surface area contributed by atoms with Gasteiger partial charge >= 0.3 is 0 Å². The van der Waals surface area contributed by atoms with Crippen molar-refractivity contribution in [3.8, 4) is 0 Å². The van der Waals surface area contributed by atoms with Crippen LogP contribution in [0.4, 0.5) is 0 Å². The lowest BCUT2D eigenvalue weighted by molar-refractivity contribution is -0.269. The highest BCUT2D eigenvalue weighted by Crippen LogP contribution is 2.34. The first-order valence-corrected chi connectivity index (χ1v) is 5.79. The Morgan fingerprint density at radius 1 is 1.29 bits per heavy atom. The Balaban J connectivity index is 2.03. The van der Waals surface area contributed by atoms with Crippen LogP contribution in [-0.4, -0.2) is 24.2 Å². The van der Waals surface area contributed by atoms with Crippen molar-refractivity contribution < 1.29 is 9.47 Å². The smallest absolute Gasteiger partial charge is 0.194 e. The van der Waals surface area contributed by atoms with Gasteiger partial charge in [-0.3, -0.25) is 0 Å². The summed E-state index contributed by atoms with van der Waals surface area (Å²) in [6.45, 7) is 2.99. The molecule has 0 amide bonds. The lowest BCUT2D eigenvalue weighted by Gasteiger charge is -2.36. The van der Waals surface area contributed by atoms with Crippen molar-refractivity contribution in [2.75, 3.05) is 13.2 Å². The summed E-state index contributed by atoms with van der Waals surface area (Å²) in [5.41, 5.74) is 7.88. The molecule has 0 unspecified atom stereocenters. The summed E-state index contributed by atoms with van der Waals surface area (Å²) in [5, 5.41) is 1.13.